The minimum Gasteiger partial charge on any atom is -0.408 e. The number of anilines is 2. The SMILES string of the molecule is COCC(=O)Nc1cccc(NC(=O)CCCn2c(=O)oc3ccccc32)c1. The second-order valence-electron chi connectivity index (χ2n) is 6.20. The van der Waals surface area contributed by atoms with Crippen LogP contribution in [0.1, 0.15) is 12.8 Å². The van der Waals surface area contributed by atoms with Crippen LogP contribution in [-0.2, 0) is 20.9 Å². The molecule has 0 unspecified atom stereocenters. The molecule has 0 radical (unpaired) electrons. The lowest BCUT2D eigenvalue weighted by Crippen LogP contribution is -2.18. The molecule has 0 aliphatic rings. The van der Waals surface area contributed by atoms with Gasteiger partial charge < -0.3 is 19.8 Å². The van der Waals surface area contributed by atoms with E-state index in [9.17, 15) is 14.4 Å². The lowest BCUT2D eigenvalue weighted by molar-refractivity contribution is -0.119. The second kappa shape index (κ2) is 9.01. The Morgan fingerprint density at radius 3 is 2.50 bits per heavy atom. The number of methoxy groups -OCH3 is 1. The number of nitrogens with one attached hydrogen (secondary N) is 2. The van der Waals surface area contributed by atoms with Crippen LogP contribution in [0.3, 0.4) is 0 Å². The summed E-state index contributed by atoms with van der Waals surface area (Å²) in [4.78, 5) is 35.7. The summed E-state index contributed by atoms with van der Waals surface area (Å²) in [5, 5.41) is 5.46. The predicted molar refractivity (Wildman–Crippen MR) is 105 cm³/mol. The molecule has 0 aliphatic carbocycles. The second-order valence-corrected chi connectivity index (χ2v) is 6.20. The van der Waals surface area contributed by atoms with Crippen molar-refractivity contribution in [3.05, 3.63) is 59.1 Å². The van der Waals surface area contributed by atoms with Crippen LogP contribution in [0.5, 0.6) is 0 Å². The van der Waals surface area contributed by atoms with E-state index in [0.717, 1.165) is 0 Å². The van der Waals surface area contributed by atoms with Crippen molar-refractivity contribution >= 4 is 34.3 Å². The number of fused-ring (bicyclic) bond motifs is 1. The standard InChI is InChI=1S/C20H21N3O5/c1-27-13-19(25)22-15-7-4-6-14(12-15)21-18(24)10-5-11-23-16-8-2-3-9-17(16)28-20(23)26/h2-4,6-9,12H,5,10-11,13H2,1H3,(H,21,24)(H,22,25). The molecule has 1 heterocycles. The molecule has 28 heavy (non-hydrogen) atoms. The molecule has 0 saturated heterocycles. The van der Waals surface area contributed by atoms with Gasteiger partial charge in [-0.3, -0.25) is 14.2 Å². The first-order valence-corrected chi connectivity index (χ1v) is 8.84. The number of oxazole rings is 1. The molecule has 1 aromatic heterocycles. The minimum absolute atomic E-state index is 0.0430. The van der Waals surface area contributed by atoms with Crippen LogP contribution in [-0.4, -0.2) is 30.1 Å². The van der Waals surface area contributed by atoms with Gasteiger partial charge in [0.1, 0.15) is 6.61 Å². The molecular formula is C20H21N3O5. The Bertz CT molecular complexity index is 1040. The summed E-state index contributed by atoms with van der Waals surface area (Å²) in [6, 6.07) is 14.0. The van der Waals surface area contributed by atoms with E-state index in [1.165, 1.54) is 11.7 Å². The van der Waals surface area contributed by atoms with E-state index >= 15 is 0 Å². The molecule has 0 bridgehead atoms. The Labute approximate surface area is 161 Å². The zero-order valence-electron chi connectivity index (χ0n) is 15.4. The van der Waals surface area contributed by atoms with Crippen LogP contribution in [0, 0.1) is 0 Å². The minimum atomic E-state index is -0.430. The van der Waals surface area contributed by atoms with Gasteiger partial charge in [0.25, 0.3) is 0 Å². The van der Waals surface area contributed by atoms with Crippen LogP contribution in [0.15, 0.2) is 57.7 Å². The molecule has 8 heteroatoms. The van der Waals surface area contributed by atoms with Crippen molar-refractivity contribution in [2.75, 3.05) is 24.4 Å². The molecule has 2 N–H and O–H groups in total. The van der Waals surface area contributed by atoms with E-state index < -0.39 is 5.76 Å². The van der Waals surface area contributed by atoms with Gasteiger partial charge in [-0.05, 0) is 36.8 Å². The van der Waals surface area contributed by atoms with Crippen molar-refractivity contribution in [3.63, 3.8) is 0 Å². The fraction of sp³-hybridized carbons (Fsp3) is 0.250. The summed E-state index contributed by atoms with van der Waals surface area (Å²) in [6.07, 6.45) is 0.728. The van der Waals surface area contributed by atoms with Crippen LogP contribution in [0.25, 0.3) is 11.1 Å². The zero-order valence-corrected chi connectivity index (χ0v) is 15.4. The molecule has 0 saturated carbocycles. The number of hydrogen-bond acceptors (Lipinski definition) is 5. The predicted octanol–water partition coefficient (Wildman–Crippen LogP) is 2.60. The summed E-state index contributed by atoms with van der Waals surface area (Å²) in [5.41, 5.74) is 2.39. The molecule has 0 spiro atoms. The lowest BCUT2D eigenvalue weighted by Gasteiger charge is -2.09. The number of nitrogens with zero attached hydrogens (tertiary/aromatic N) is 1. The van der Waals surface area contributed by atoms with Crippen LogP contribution in [0.4, 0.5) is 11.4 Å². The highest BCUT2D eigenvalue weighted by Gasteiger charge is 2.10. The molecule has 2 aromatic carbocycles. The zero-order chi connectivity index (χ0) is 19.9. The number of hydrogen-bond donors (Lipinski definition) is 2. The summed E-state index contributed by atoms with van der Waals surface area (Å²) in [7, 11) is 1.44. The Kier molecular flexibility index (Phi) is 6.23. The van der Waals surface area contributed by atoms with Crippen molar-refractivity contribution in [2.45, 2.75) is 19.4 Å². The maximum absolute atomic E-state index is 12.2. The maximum atomic E-state index is 12.2. The van der Waals surface area contributed by atoms with Crippen molar-refractivity contribution < 1.29 is 18.7 Å². The summed E-state index contributed by atoms with van der Waals surface area (Å²) >= 11 is 0. The highest BCUT2D eigenvalue weighted by Crippen LogP contribution is 2.16. The van der Waals surface area contributed by atoms with E-state index in [1.54, 1.807) is 36.4 Å². The number of amides is 2. The molecule has 0 fully saturated rings. The molecular weight excluding hydrogens is 362 g/mol. The molecule has 3 aromatic rings. The third-order valence-electron chi connectivity index (χ3n) is 4.06. The maximum Gasteiger partial charge on any atom is 0.419 e. The van der Waals surface area contributed by atoms with Gasteiger partial charge >= 0.3 is 5.76 Å². The first kappa shape index (κ1) is 19.4. The Balaban J connectivity index is 1.54. The van der Waals surface area contributed by atoms with Crippen molar-refractivity contribution in [3.8, 4) is 0 Å². The van der Waals surface area contributed by atoms with E-state index in [1.807, 2.05) is 12.1 Å². The van der Waals surface area contributed by atoms with Gasteiger partial charge in [-0.25, -0.2) is 4.79 Å². The fourth-order valence-electron chi connectivity index (χ4n) is 2.85. The number of para-hydroxylation sites is 2. The number of aromatic nitrogens is 1. The van der Waals surface area contributed by atoms with E-state index in [2.05, 4.69) is 10.6 Å². The summed E-state index contributed by atoms with van der Waals surface area (Å²) in [5.74, 6) is -0.883. The topological polar surface area (TPSA) is 103 Å². The molecule has 3 rings (SSSR count). The van der Waals surface area contributed by atoms with E-state index in [0.29, 0.717) is 35.4 Å². The highest BCUT2D eigenvalue weighted by molar-refractivity contribution is 5.94. The molecule has 2 amide bonds. The highest BCUT2D eigenvalue weighted by atomic mass is 16.5. The lowest BCUT2D eigenvalue weighted by atomic mass is 10.2. The van der Waals surface area contributed by atoms with Gasteiger partial charge in [0.15, 0.2) is 5.58 Å². The number of carbonyl (C=O) groups excluding carboxylic acids is 2. The Hall–Kier alpha value is -3.39. The van der Waals surface area contributed by atoms with Gasteiger partial charge in [0, 0.05) is 31.5 Å². The van der Waals surface area contributed by atoms with Gasteiger partial charge in [-0.1, -0.05) is 18.2 Å². The number of benzene rings is 2. The Morgan fingerprint density at radius 1 is 1.04 bits per heavy atom. The van der Waals surface area contributed by atoms with Crippen molar-refractivity contribution in [1.82, 2.24) is 4.57 Å². The number of aryl methyl sites for hydroxylation is 1. The van der Waals surface area contributed by atoms with Gasteiger partial charge in [0.05, 0.1) is 5.52 Å². The van der Waals surface area contributed by atoms with Crippen LogP contribution < -0.4 is 16.4 Å². The summed E-state index contributed by atoms with van der Waals surface area (Å²) in [6.45, 7) is 0.342. The van der Waals surface area contributed by atoms with Gasteiger partial charge in [0.2, 0.25) is 11.8 Å². The third kappa shape index (κ3) is 4.86. The van der Waals surface area contributed by atoms with E-state index in [-0.39, 0.29) is 24.8 Å². The largest absolute Gasteiger partial charge is 0.419 e. The van der Waals surface area contributed by atoms with Crippen molar-refractivity contribution in [2.24, 2.45) is 0 Å². The molecule has 0 atom stereocenters. The van der Waals surface area contributed by atoms with Crippen LogP contribution >= 0.6 is 0 Å². The Morgan fingerprint density at radius 2 is 1.75 bits per heavy atom. The molecule has 8 nitrogen and oxygen atoms in total. The normalized spacial score (nSPS) is 10.8. The van der Waals surface area contributed by atoms with Crippen LogP contribution in [0.2, 0.25) is 0 Å². The number of ether oxygens (including phenoxy) is 1. The molecule has 146 valence electrons. The monoisotopic (exact) mass is 383 g/mol. The van der Waals surface area contributed by atoms with E-state index in [4.69, 9.17) is 9.15 Å². The van der Waals surface area contributed by atoms with Gasteiger partial charge in [-0.15, -0.1) is 0 Å². The third-order valence-corrected chi connectivity index (χ3v) is 4.06. The van der Waals surface area contributed by atoms with Crippen molar-refractivity contribution in [1.29, 1.82) is 0 Å². The fourth-order valence-corrected chi connectivity index (χ4v) is 2.85. The average Bonchev–Trinajstić information content (AvgIpc) is 2.98. The average molecular weight is 383 g/mol. The van der Waals surface area contributed by atoms with Gasteiger partial charge in [-0.2, -0.15) is 0 Å². The quantitative estimate of drug-likeness (QED) is 0.622. The molecule has 0 aliphatic heterocycles. The smallest absolute Gasteiger partial charge is 0.408 e. The number of rotatable bonds is 8. The number of carbonyl (C=O) groups is 2. The summed E-state index contributed by atoms with van der Waals surface area (Å²) < 4.78 is 11.5. The first-order chi connectivity index (χ1) is 13.6. The first-order valence-electron chi connectivity index (χ1n) is 8.84.